The molecule has 3 heteroatoms. The molecular formula is C13H17ClFN. The van der Waals surface area contributed by atoms with Crippen LogP contribution in [0.2, 0.25) is 5.02 Å². The highest BCUT2D eigenvalue weighted by molar-refractivity contribution is 6.30. The molecule has 0 aromatic heterocycles. The quantitative estimate of drug-likeness (QED) is 0.854. The third-order valence-corrected chi connectivity index (χ3v) is 3.89. The summed E-state index contributed by atoms with van der Waals surface area (Å²) in [6.07, 6.45) is 4.44. The molecule has 1 aliphatic rings. The van der Waals surface area contributed by atoms with Crippen LogP contribution >= 0.6 is 11.6 Å². The third-order valence-electron chi connectivity index (χ3n) is 3.60. The van der Waals surface area contributed by atoms with Crippen molar-refractivity contribution in [2.24, 2.45) is 0 Å². The van der Waals surface area contributed by atoms with Crippen LogP contribution in [0.4, 0.5) is 4.39 Å². The van der Waals surface area contributed by atoms with E-state index in [4.69, 9.17) is 11.6 Å². The Morgan fingerprint density at radius 1 is 1.38 bits per heavy atom. The van der Waals surface area contributed by atoms with Gasteiger partial charge in [0.2, 0.25) is 0 Å². The average Bonchev–Trinajstić information content (AvgIpc) is 2.72. The number of benzene rings is 1. The molecule has 2 rings (SSSR count). The summed E-state index contributed by atoms with van der Waals surface area (Å²) in [5.74, 6) is -0.235. The lowest BCUT2D eigenvalue weighted by atomic mass is 9.78. The second kappa shape index (κ2) is 4.72. The van der Waals surface area contributed by atoms with Gasteiger partial charge in [0, 0.05) is 12.0 Å². The Morgan fingerprint density at radius 3 is 2.69 bits per heavy atom. The first-order valence-corrected chi connectivity index (χ1v) is 6.16. The molecule has 88 valence electrons. The van der Waals surface area contributed by atoms with Crippen molar-refractivity contribution in [2.75, 3.05) is 13.6 Å². The molecule has 1 aromatic carbocycles. The molecule has 0 saturated heterocycles. The number of halogens is 2. The Labute approximate surface area is 101 Å². The Morgan fingerprint density at radius 2 is 2.06 bits per heavy atom. The minimum absolute atomic E-state index is 0.0519. The van der Waals surface area contributed by atoms with Crippen molar-refractivity contribution in [2.45, 2.75) is 31.1 Å². The summed E-state index contributed by atoms with van der Waals surface area (Å²) in [4.78, 5) is 0. The van der Waals surface area contributed by atoms with E-state index in [1.165, 1.54) is 12.8 Å². The van der Waals surface area contributed by atoms with Crippen molar-refractivity contribution in [1.82, 2.24) is 5.32 Å². The monoisotopic (exact) mass is 241 g/mol. The van der Waals surface area contributed by atoms with Crippen LogP contribution in [0.15, 0.2) is 18.2 Å². The number of hydrogen-bond acceptors (Lipinski definition) is 1. The Balaban J connectivity index is 2.42. The normalized spacial score (nSPS) is 18.9. The first-order chi connectivity index (χ1) is 7.69. The van der Waals surface area contributed by atoms with Crippen molar-refractivity contribution in [3.05, 3.63) is 34.6 Å². The van der Waals surface area contributed by atoms with Crippen molar-refractivity contribution < 1.29 is 4.39 Å². The van der Waals surface area contributed by atoms with E-state index in [2.05, 4.69) is 5.32 Å². The van der Waals surface area contributed by atoms with Crippen molar-refractivity contribution >= 4 is 11.6 Å². The molecule has 0 heterocycles. The predicted molar refractivity (Wildman–Crippen MR) is 65.5 cm³/mol. The minimum Gasteiger partial charge on any atom is -0.319 e. The fraction of sp³-hybridized carbons (Fsp3) is 0.538. The van der Waals surface area contributed by atoms with Crippen LogP contribution in [0.3, 0.4) is 0 Å². The van der Waals surface area contributed by atoms with Crippen LogP contribution in [-0.2, 0) is 5.41 Å². The first kappa shape index (κ1) is 11.9. The highest BCUT2D eigenvalue weighted by atomic mass is 35.5. The van der Waals surface area contributed by atoms with Gasteiger partial charge in [-0.3, -0.25) is 0 Å². The third kappa shape index (κ3) is 1.96. The molecule has 16 heavy (non-hydrogen) atoms. The van der Waals surface area contributed by atoms with Crippen molar-refractivity contribution in [3.63, 3.8) is 0 Å². The molecule has 1 fully saturated rings. The summed E-state index contributed by atoms with van der Waals surface area (Å²) >= 11 is 5.86. The van der Waals surface area contributed by atoms with Gasteiger partial charge in [-0.1, -0.05) is 36.6 Å². The zero-order valence-electron chi connectivity index (χ0n) is 9.52. The Hall–Kier alpha value is -0.600. The molecule has 0 spiro atoms. The second-order valence-corrected chi connectivity index (χ2v) is 5.03. The maximum Gasteiger partial charge on any atom is 0.145 e. The van der Waals surface area contributed by atoms with E-state index in [0.717, 1.165) is 24.9 Å². The van der Waals surface area contributed by atoms with Gasteiger partial charge >= 0.3 is 0 Å². The van der Waals surface area contributed by atoms with Gasteiger partial charge in [0.25, 0.3) is 0 Å². The summed E-state index contributed by atoms with van der Waals surface area (Å²) in [7, 11) is 1.92. The molecule has 1 N–H and O–H groups in total. The fourth-order valence-electron chi connectivity index (χ4n) is 2.84. The van der Waals surface area contributed by atoms with Crippen LogP contribution in [-0.4, -0.2) is 13.6 Å². The largest absolute Gasteiger partial charge is 0.319 e. The van der Waals surface area contributed by atoms with Crippen LogP contribution in [0.5, 0.6) is 0 Å². The first-order valence-electron chi connectivity index (χ1n) is 5.79. The lowest BCUT2D eigenvalue weighted by molar-refractivity contribution is 0.400. The molecule has 1 saturated carbocycles. The van der Waals surface area contributed by atoms with Gasteiger partial charge in [0.05, 0.1) is 5.02 Å². The van der Waals surface area contributed by atoms with E-state index in [9.17, 15) is 4.39 Å². The molecule has 0 radical (unpaired) electrons. The predicted octanol–water partition coefficient (Wildman–Crippen LogP) is 3.51. The topological polar surface area (TPSA) is 12.0 Å². The summed E-state index contributed by atoms with van der Waals surface area (Å²) in [6, 6.07) is 5.34. The number of hydrogen-bond donors (Lipinski definition) is 1. The second-order valence-electron chi connectivity index (χ2n) is 4.62. The number of nitrogens with one attached hydrogen (secondary N) is 1. The van der Waals surface area contributed by atoms with Gasteiger partial charge in [0.15, 0.2) is 0 Å². The zero-order chi connectivity index (χ0) is 11.6. The zero-order valence-corrected chi connectivity index (χ0v) is 10.3. The van der Waals surface area contributed by atoms with Gasteiger partial charge in [-0.25, -0.2) is 4.39 Å². The molecule has 1 aromatic rings. The minimum atomic E-state index is -0.235. The van der Waals surface area contributed by atoms with E-state index in [1.54, 1.807) is 6.07 Å². The Bertz CT molecular complexity index is 372. The van der Waals surface area contributed by atoms with Gasteiger partial charge in [-0.15, -0.1) is 0 Å². The van der Waals surface area contributed by atoms with E-state index in [1.807, 2.05) is 19.2 Å². The van der Waals surface area contributed by atoms with E-state index in [0.29, 0.717) is 0 Å². The summed E-state index contributed by atoms with van der Waals surface area (Å²) in [6.45, 7) is 0.824. The van der Waals surface area contributed by atoms with Crippen LogP contribution in [0, 0.1) is 5.82 Å². The van der Waals surface area contributed by atoms with Crippen molar-refractivity contribution in [3.8, 4) is 0 Å². The average molecular weight is 242 g/mol. The van der Waals surface area contributed by atoms with Crippen LogP contribution in [0.25, 0.3) is 0 Å². The van der Waals surface area contributed by atoms with Crippen LogP contribution < -0.4 is 5.32 Å². The highest BCUT2D eigenvalue weighted by Gasteiger charge is 2.37. The lowest BCUT2D eigenvalue weighted by Gasteiger charge is -2.30. The number of rotatable bonds is 3. The van der Waals surface area contributed by atoms with Gasteiger partial charge in [-0.2, -0.15) is 0 Å². The Kier molecular flexibility index (Phi) is 3.50. The SMILES string of the molecule is CNCC1(c2cccc(Cl)c2F)CCCC1. The fourth-order valence-corrected chi connectivity index (χ4v) is 3.02. The molecule has 0 unspecified atom stereocenters. The van der Waals surface area contributed by atoms with Gasteiger partial charge < -0.3 is 5.32 Å². The molecule has 0 amide bonds. The highest BCUT2D eigenvalue weighted by Crippen LogP contribution is 2.42. The van der Waals surface area contributed by atoms with Gasteiger partial charge in [0.1, 0.15) is 5.82 Å². The standard InChI is InChI=1S/C13H17ClFN/c1-16-9-13(7-2-3-8-13)10-5-4-6-11(14)12(10)15/h4-6,16H,2-3,7-9H2,1H3. The van der Waals surface area contributed by atoms with Gasteiger partial charge in [-0.05, 0) is 31.5 Å². The smallest absolute Gasteiger partial charge is 0.145 e. The lowest BCUT2D eigenvalue weighted by Crippen LogP contribution is -2.35. The van der Waals surface area contributed by atoms with Crippen LogP contribution in [0.1, 0.15) is 31.2 Å². The molecule has 0 atom stereocenters. The van der Waals surface area contributed by atoms with Crippen molar-refractivity contribution in [1.29, 1.82) is 0 Å². The molecular weight excluding hydrogens is 225 g/mol. The summed E-state index contributed by atoms with van der Waals surface area (Å²) < 4.78 is 14.1. The maximum absolute atomic E-state index is 14.1. The summed E-state index contributed by atoms with van der Waals surface area (Å²) in [5.41, 5.74) is 0.732. The number of likely N-dealkylation sites (N-methyl/N-ethyl adjacent to an activating group) is 1. The maximum atomic E-state index is 14.1. The van der Waals surface area contributed by atoms with E-state index >= 15 is 0 Å². The van der Waals surface area contributed by atoms with E-state index < -0.39 is 0 Å². The molecule has 0 bridgehead atoms. The molecule has 1 aliphatic carbocycles. The van der Waals surface area contributed by atoms with E-state index in [-0.39, 0.29) is 16.3 Å². The summed E-state index contributed by atoms with van der Waals surface area (Å²) in [5, 5.41) is 3.42. The molecule has 0 aliphatic heterocycles. The molecule has 1 nitrogen and oxygen atoms in total.